The number of amides is 1. The van der Waals surface area contributed by atoms with Crippen LogP contribution in [0.15, 0.2) is 61.2 Å². The van der Waals surface area contributed by atoms with E-state index in [9.17, 15) is 14.9 Å². The van der Waals surface area contributed by atoms with Crippen LogP contribution in [0.5, 0.6) is 0 Å². The summed E-state index contributed by atoms with van der Waals surface area (Å²) in [6, 6.07) is 12.1. The van der Waals surface area contributed by atoms with E-state index in [2.05, 4.69) is 10.3 Å². The van der Waals surface area contributed by atoms with E-state index >= 15 is 0 Å². The molecule has 0 spiro atoms. The number of hydrogen-bond acceptors (Lipinski definition) is 5. The summed E-state index contributed by atoms with van der Waals surface area (Å²) in [4.78, 5) is 27.4. The molecular formula is C21H22N4O4. The average Bonchev–Trinajstić information content (AvgIpc) is 3.25. The van der Waals surface area contributed by atoms with Crippen LogP contribution in [0.1, 0.15) is 35.3 Å². The predicted octanol–water partition coefficient (Wildman–Crippen LogP) is 3.64. The molecule has 8 nitrogen and oxygen atoms in total. The van der Waals surface area contributed by atoms with Crippen molar-refractivity contribution in [3.63, 3.8) is 0 Å². The lowest BCUT2D eigenvalue weighted by Crippen LogP contribution is -2.23. The maximum Gasteiger partial charge on any atom is 0.294 e. The van der Waals surface area contributed by atoms with Gasteiger partial charge in [0.2, 0.25) is 0 Å². The van der Waals surface area contributed by atoms with Gasteiger partial charge in [-0.1, -0.05) is 24.3 Å². The van der Waals surface area contributed by atoms with E-state index in [1.54, 1.807) is 18.3 Å². The first kappa shape index (κ1) is 20.2. The molecule has 0 aliphatic carbocycles. The smallest absolute Gasteiger partial charge is 0.294 e. The molecule has 1 N–H and O–H groups in total. The van der Waals surface area contributed by atoms with Crippen LogP contribution in [0.25, 0.3) is 5.69 Å². The highest BCUT2D eigenvalue weighted by atomic mass is 16.6. The molecule has 0 bridgehead atoms. The molecule has 1 aromatic heterocycles. The van der Waals surface area contributed by atoms with Crippen molar-refractivity contribution >= 4 is 11.6 Å². The number of ether oxygens (including phenoxy) is 1. The highest BCUT2D eigenvalue weighted by Gasteiger charge is 2.19. The molecule has 1 heterocycles. The van der Waals surface area contributed by atoms with E-state index in [-0.39, 0.29) is 23.3 Å². The van der Waals surface area contributed by atoms with E-state index in [4.69, 9.17) is 4.74 Å². The molecule has 0 aliphatic rings. The second-order valence-electron chi connectivity index (χ2n) is 6.74. The third kappa shape index (κ3) is 5.05. The fraction of sp³-hybridized carbons (Fsp3) is 0.238. The molecule has 1 amide bonds. The van der Waals surface area contributed by atoms with Gasteiger partial charge in [0.25, 0.3) is 11.6 Å². The van der Waals surface area contributed by atoms with Gasteiger partial charge >= 0.3 is 0 Å². The second-order valence-corrected chi connectivity index (χ2v) is 6.74. The maximum atomic E-state index is 12.6. The van der Waals surface area contributed by atoms with Crippen LogP contribution < -0.4 is 5.32 Å². The largest absolute Gasteiger partial charge is 0.374 e. The Labute approximate surface area is 168 Å². The summed E-state index contributed by atoms with van der Waals surface area (Å²) in [6.07, 6.45) is 4.72. The molecule has 3 aromatic rings. The van der Waals surface area contributed by atoms with Crippen molar-refractivity contribution in [2.45, 2.75) is 33.1 Å². The number of carbonyl (C=O) groups is 1. The summed E-state index contributed by atoms with van der Waals surface area (Å²) >= 11 is 0. The molecule has 0 saturated heterocycles. The van der Waals surface area contributed by atoms with Crippen LogP contribution in [-0.2, 0) is 17.9 Å². The van der Waals surface area contributed by atoms with Gasteiger partial charge in [0.15, 0.2) is 0 Å². The fourth-order valence-corrected chi connectivity index (χ4v) is 2.84. The number of aromatic nitrogens is 2. The first-order valence-corrected chi connectivity index (χ1v) is 9.19. The number of nitro benzene ring substituents is 1. The summed E-state index contributed by atoms with van der Waals surface area (Å²) in [5.41, 5.74) is 2.33. The predicted molar refractivity (Wildman–Crippen MR) is 108 cm³/mol. The Morgan fingerprint density at radius 3 is 2.66 bits per heavy atom. The van der Waals surface area contributed by atoms with Gasteiger partial charge in [0.1, 0.15) is 5.69 Å². The van der Waals surface area contributed by atoms with Gasteiger partial charge in [-0.05, 0) is 37.1 Å². The highest BCUT2D eigenvalue weighted by molar-refractivity contribution is 5.95. The molecule has 2 aromatic carbocycles. The number of benzene rings is 2. The molecular weight excluding hydrogens is 372 g/mol. The Balaban J connectivity index is 1.75. The lowest BCUT2D eigenvalue weighted by molar-refractivity contribution is -0.384. The van der Waals surface area contributed by atoms with Gasteiger partial charge < -0.3 is 14.6 Å². The molecule has 0 fully saturated rings. The molecule has 0 radical (unpaired) electrons. The summed E-state index contributed by atoms with van der Waals surface area (Å²) in [6.45, 7) is 4.68. The van der Waals surface area contributed by atoms with Crippen LogP contribution in [0, 0.1) is 10.1 Å². The number of nitrogens with zero attached hydrogens (tertiary/aromatic N) is 3. The zero-order valence-corrected chi connectivity index (χ0v) is 16.2. The average molecular weight is 394 g/mol. The SMILES string of the molecule is CC(C)OCc1ccccc1CNC(=O)c1ccc(-n2ccnc2)c([N+](=O)[O-])c1. The van der Waals surface area contributed by atoms with Crippen LogP contribution in [0.2, 0.25) is 0 Å². The molecule has 8 heteroatoms. The third-order valence-corrected chi connectivity index (χ3v) is 4.35. The molecule has 0 atom stereocenters. The fourth-order valence-electron chi connectivity index (χ4n) is 2.84. The monoisotopic (exact) mass is 394 g/mol. The van der Waals surface area contributed by atoms with Crippen molar-refractivity contribution < 1.29 is 14.5 Å². The molecule has 3 rings (SSSR count). The number of nitrogens with one attached hydrogen (secondary N) is 1. The number of carbonyl (C=O) groups excluding carboxylic acids is 1. The second kappa shape index (κ2) is 9.11. The van der Waals surface area contributed by atoms with E-state index < -0.39 is 4.92 Å². The van der Waals surface area contributed by atoms with Gasteiger partial charge in [-0.15, -0.1) is 0 Å². The standard InChI is InChI=1S/C21H22N4O4/c1-15(2)29-13-18-6-4-3-5-17(18)12-23-21(26)16-7-8-19(20(11-16)25(27)28)24-10-9-22-14-24/h3-11,14-15H,12-13H2,1-2H3,(H,23,26). The van der Waals surface area contributed by atoms with E-state index in [0.29, 0.717) is 18.8 Å². The van der Waals surface area contributed by atoms with Gasteiger partial charge in [0, 0.05) is 30.6 Å². The minimum Gasteiger partial charge on any atom is -0.374 e. The quantitative estimate of drug-likeness (QED) is 0.464. The first-order valence-electron chi connectivity index (χ1n) is 9.19. The lowest BCUT2D eigenvalue weighted by atomic mass is 10.1. The summed E-state index contributed by atoms with van der Waals surface area (Å²) in [5.74, 6) is -0.384. The van der Waals surface area contributed by atoms with Crippen molar-refractivity contribution in [1.29, 1.82) is 0 Å². The topological polar surface area (TPSA) is 99.3 Å². The van der Waals surface area contributed by atoms with Crippen LogP contribution in [0.3, 0.4) is 0 Å². The number of nitro groups is 1. The zero-order chi connectivity index (χ0) is 20.8. The van der Waals surface area contributed by atoms with Crippen molar-refractivity contribution in [3.8, 4) is 5.69 Å². The van der Waals surface area contributed by atoms with E-state index in [1.807, 2.05) is 38.1 Å². The molecule has 0 unspecified atom stereocenters. The molecule has 0 saturated carbocycles. The maximum absolute atomic E-state index is 12.6. The minimum atomic E-state index is -0.509. The summed E-state index contributed by atoms with van der Waals surface area (Å²) < 4.78 is 7.19. The van der Waals surface area contributed by atoms with Crippen LogP contribution in [-0.4, -0.2) is 26.5 Å². The third-order valence-electron chi connectivity index (χ3n) is 4.35. The number of imidazole rings is 1. The van der Waals surface area contributed by atoms with Gasteiger partial charge in [0.05, 0.1) is 24.0 Å². The Morgan fingerprint density at radius 2 is 2.00 bits per heavy atom. The Kier molecular flexibility index (Phi) is 6.36. The van der Waals surface area contributed by atoms with Crippen molar-refractivity contribution in [1.82, 2.24) is 14.9 Å². The molecule has 150 valence electrons. The molecule has 0 aliphatic heterocycles. The minimum absolute atomic E-state index is 0.104. The Bertz CT molecular complexity index is 1000. The van der Waals surface area contributed by atoms with E-state index in [0.717, 1.165) is 11.1 Å². The normalized spacial score (nSPS) is 10.9. The Hall–Kier alpha value is -3.52. The van der Waals surface area contributed by atoms with Crippen LogP contribution >= 0.6 is 0 Å². The highest BCUT2D eigenvalue weighted by Crippen LogP contribution is 2.24. The summed E-state index contributed by atoms with van der Waals surface area (Å²) in [5, 5.41) is 14.3. The summed E-state index contributed by atoms with van der Waals surface area (Å²) in [7, 11) is 0. The van der Waals surface area contributed by atoms with Crippen molar-refractivity contribution in [2.75, 3.05) is 0 Å². The molecule has 29 heavy (non-hydrogen) atoms. The van der Waals surface area contributed by atoms with Gasteiger partial charge in [-0.25, -0.2) is 4.98 Å². The van der Waals surface area contributed by atoms with Crippen LogP contribution in [0.4, 0.5) is 5.69 Å². The number of hydrogen-bond donors (Lipinski definition) is 1. The van der Waals surface area contributed by atoms with Gasteiger partial charge in [-0.3, -0.25) is 14.9 Å². The Morgan fingerprint density at radius 1 is 1.24 bits per heavy atom. The van der Waals surface area contributed by atoms with E-state index in [1.165, 1.54) is 23.2 Å². The van der Waals surface area contributed by atoms with Crippen molar-refractivity contribution in [2.24, 2.45) is 0 Å². The van der Waals surface area contributed by atoms with Crippen molar-refractivity contribution in [3.05, 3.63) is 88.0 Å². The zero-order valence-electron chi connectivity index (χ0n) is 16.2. The first-order chi connectivity index (χ1) is 14.0. The lowest BCUT2D eigenvalue weighted by Gasteiger charge is -2.13. The number of rotatable bonds is 8. The van der Waals surface area contributed by atoms with Gasteiger partial charge in [-0.2, -0.15) is 0 Å².